The number of aromatic hydroxyl groups is 1. The average Bonchev–Trinajstić information content (AvgIpc) is 2.68. The lowest BCUT2D eigenvalue weighted by Gasteiger charge is -2.22. The van der Waals surface area contributed by atoms with Crippen LogP contribution in [0.15, 0.2) is 73.2 Å². The molecule has 5 nitrogen and oxygen atoms in total. The van der Waals surface area contributed by atoms with Crippen LogP contribution in [0.4, 0.5) is 5.82 Å². The number of fused-ring (bicyclic) bond motifs is 1. The van der Waals surface area contributed by atoms with Crippen LogP contribution in [-0.2, 0) is 0 Å². The van der Waals surface area contributed by atoms with Gasteiger partial charge in [-0.1, -0.05) is 48.5 Å². The Morgan fingerprint density at radius 3 is 2.62 bits per heavy atom. The fourth-order valence-electron chi connectivity index (χ4n) is 3.05. The molecule has 0 saturated heterocycles. The van der Waals surface area contributed by atoms with Crippen molar-refractivity contribution in [2.24, 2.45) is 0 Å². The number of anilines is 1. The number of aromatic nitrogens is 3. The molecule has 5 heteroatoms. The molecular weight excluding hydrogens is 324 g/mol. The van der Waals surface area contributed by atoms with Gasteiger partial charge in [0.25, 0.3) is 0 Å². The van der Waals surface area contributed by atoms with E-state index in [9.17, 15) is 5.11 Å². The molecule has 0 aliphatic rings. The van der Waals surface area contributed by atoms with Gasteiger partial charge in [-0.25, -0.2) is 4.98 Å². The molecule has 0 amide bonds. The molecule has 2 N–H and O–H groups in total. The van der Waals surface area contributed by atoms with Crippen LogP contribution in [0.5, 0.6) is 5.75 Å². The number of phenolic OH excluding ortho intramolecular Hbond substituents is 1. The Labute approximate surface area is 151 Å². The van der Waals surface area contributed by atoms with E-state index >= 15 is 0 Å². The number of rotatable bonds is 4. The molecule has 2 aromatic carbocycles. The van der Waals surface area contributed by atoms with E-state index < -0.39 is 0 Å². The van der Waals surface area contributed by atoms with Gasteiger partial charge in [-0.3, -0.25) is 9.97 Å². The summed E-state index contributed by atoms with van der Waals surface area (Å²) in [6.45, 7) is 1.90. The predicted octanol–water partition coefficient (Wildman–Crippen LogP) is 4.24. The second-order valence-electron chi connectivity index (χ2n) is 6.11. The van der Waals surface area contributed by atoms with Gasteiger partial charge in [-0.15, -0.1) is 0 Å². The first-order valence-corrected chi connectivity index (χ1v) is 8.39. The largest absolute Gasteiger partial charge is 0.505 e. The Bertz CT molecular complexity index is 1050. The topological polar surface area (TPSA) is 70.9 Å². The van der Waals surface area contributed by atoms with Crippen molar-refractivity contribution in [1.29, 1.82) is 0 Å². The molecule has 0 radical (unpaired) electrons. The monoisotopic (exact) mass is 342 g/mol. The first-order chi connectivity index (χ1) is 12.7. The van der Waals surface area contributed by atoms with Crippen LogP contribution in [0, 0.1) is 6.92 Å². The minimum absolute atomic E-state index is 0.171. The SMILES string of the molecule is Cc1cncc(NC(c2ccccc2)c2ccc3cccnc3c2O)n1. The average molecular weight is 342 g/mol. The van der Waals surface area contributed by atoms with E-state index in [1.165, 1.54) is 0 Å². The van der Waals surface area contributed by atoms with Crippen LogP contribution in [0.2, 0.25) is 0 Å². The normalized spacial score (nSPS) is 12.0. The van der Waals surface area contributed by atoms with Crippen LogP contribution >= 0.6 is 0 Å². The minimum Gasteiger partial charge on any atom is -0.505 e. The van der Waals surface area contributed by atoms with E-state index in [0.29, 0.717) is 11.3 Å². The van der Waals surface area contributed by atoms with E-state index in [4.69, 9.17) is 0 Å². The van der Waals surface area contributed by atoms with Crippen LogP contribution in [0.3, 0.4) is 0 Å². The summed E-state index contributed by atoms with van der Waals surface area (Å²) in [5.41, 5.74) is 3.17. The van der Waals surface area contributed by atoms with Crippen molar-refractivity contribution < 1.29 is 5.11 Å². The van der Waals surface area contributed by atoms with Crippen molar-refractivity contribution in [2.75, 3.05) is 5.32 Å². The van der Waals surface area contributed by atoms with Gasteiger partial charge in [-0.2, -0.15) is 0 Å². The summed E-state index contributed by atoms with van der Waals surface area (Å²) in [6.07, 6.45) is 5.07. The Kier molecular flexibility index (Phi) is 4.19. The van der Waals surface area contributed by atoms with Gasteiger partial charge in [0.15, 0.2) is 0 Å². The molecule has 0 bridgehead atoms. The van der Waals surface area contributed by atoms with E-state index in [1.54, 1.807) is 18.6 Å². The van der Waals surface area contributed by atoms with E-state index in [0.717, 1.165) is 22.2 Å². The van der Waals surface area contributed by atoms with E-state index in [-0.39, 0.29) is 11.8 Å². The zero-order valence-corrected chi connectivity index (χ0v) is 14.3. The highest BCUT2D eigenvalue weighted by atomic mass is 16.3. The zero-order valence-electron chi connectivity index (χ0n) is 14.3. The Hall–Kier alpha value is -3.47. The standard InChI is InChI=1S/C21H18N4O/c1-14-12-22-13-18(24-14)25-19(15-6-3-2-4-7-15)17-10-9-16-8-5-11-23-20(16)21(17)26/h2-13,19,26H,1H3,(H,24,25). The summed E-state index contributed by atoms with van der Waals surface area (Å²) in [4.78, 5) is 13.0. The molecule has 1 atom stereocenters. The number of hydrogen-bond donors (Lipinski definition) is 2. The summed E-state index contributed by atoms with van der Waals surface area (Å²) < 4.78 is 0. The van der Waals surface area contributed by atoms with Crippen LogP contribution < -0.4 is 5.32 Å². The number of nitrogens with one attached hydrogen (secondary N) is 1. The lowest BCUT2D eigenvalue weighted by molar-refractivity contribution is 0.471. The van der Waals surface area contributed by atoms with Crippen molar-refractivity contribution >= 4 is 16.7 Å². The Morgan fingerprint density at radius 2 is 1.81 bits per heavy atom. The fraction of sp³-hybridized carbons (Fsp3) is 0.0952. The smallest absolute Gasteiger partial charge is 0.147 e. The molecule has 0 aliphatic carbocycles. The number of nitrogens with zero attached hydrogens (tertiary/aromatic N) is 3. The fourth-order valence-corrected chi connectivity index (χ4v) is 3.05. The number of phenols is 1. The molecule has 1 unspecified atom stereocenters. The van der Waals surface area contributed by atoms with Crippen molar-refractivity contribution in [3.8, 4) is 5.75 Å². The summed E-state index contributed by atoms with van der Waals surface area (Å²) in [5.74, 6) is 0.824. The third kappa shape index (κ3) is 3.07. The molecule has 26 heavy (non-hydrogen) atoms. The molecular formula is C21H18N4O. The number of benzene rings is 2. The molecule has 0 spiro atoms. The predicted molar refractivity (Wildman–Crippen MR) is 102 cm³/mol. The number of hydrogen-bond acceptors (Lipinski definition) is 5. The quantitative estimate of drug-likeness (QED) is 0.580. The summed E-state index contributed by atoms with van der Waals surface area (Å²) in [7, 11) is 0. The Morgan fingerprint density at radius 1 is 0.962 bits per heavy atom. The van der Waals surface area contributed by atoms with Crippen molar-refractivity contribution in [3.05, 3.63) is 90.0 Å². The van der Waals surface area contributed by atoms with Gasteiger partial charge < -0.3 is 10.4 Å². The first-order valence-electron chi connectivity index (χ1n) is 8.39. The molecule has 2 aromatic heterocycles. The van der Waals surface area contributed by atoms with Crippen LogP contribution in [0.25, 0.3) is 10.9 Å². The maximum atomic E-state index is 10.9. The third-order valence-electron chi connectivity index (χ3n) is 4.27. The van der Waals surface area contributed by atoms with Crippen molar-refractivity contribution in [3.63, 3.8) is 0 Å². The third-order valence-corrected chi connectivity index (χ3v) is 4.27. The number of pyridine rings is 1. The zero-order chi connectivity index (χ0) is 17.9. The molecule has 128 valence electrons. The second-order valence-corrected chi connectivity index (χ2v) is 6.11. The first kappa shape index (κ1) is 16.0. The highest BCUT2D eigenvalue weighted by molar-refractivity contribution is 5.85. The summed E-state index contributed by atoms with van der Waals surface area (Å²) in [6, 6.07) is 17.4. The van der Waals surface area contributed by atoms with Gasteiger partial charge in [0, 0.05) is 23.3 Å². The summed E-state index contributed by atoms with van der Waals surface area (Å²) in [5, 5.41) is 15.2. The molecule has 0 aliphatic heterocycles. The maximum absolute atomic E-state index is 10.9. The Balaban J connectivity index is 1.84. The highest BCUT2D eigenvalue weighted by Gasteiger charge is 2.20. The molecule has 0 saturated carbocycles. The van der Waals surface area contributed by atoms with Gasteiger partial charge in [0.05, 0.1) is 17.9 Å². The van der Waals surface area contributed by atoms with Crippen molar-refractivity contribution in [2.45, 2.75) is 13.0 Å². The van der Waals surface area contributed by atoms with Gasteiger partial charge in [0.1, 0.15) is 17.1 Å². The maximum Gasteiger partial charge on any atom is 0.147 e. The van der Waals surface area contributed by atoms with E-state index in [1.807, 2.05) is 61.5 Å². The second kappa shape index (κ2) is 6.80. The van der Waals surface area contributed by atoms with Gasteiger partial charge in [0.2, 0.25) is 0 Å². The molecule has 2 heterocycles. The van der Waals surface area contributed by atoms with Crippen molar-refractivity contribution in [1.82, 2.24) is 15.0 Å². The van der Waals surface area contributed by atoms with Crippen LogP contribution in [-0.4, -0.2) is 20.1 Å². The molecule has 0 fully saturated rings. The molecule has 4 rings (SSSR count). The lowest BCUT2D eigenvalue weighted by Crippen LogP contribution is -2.14. The number of aryl methyl sites for hydroxylation is 1. The van der Waals surface area contributed by atoms with E-state index in [2.05, 4.69) is 20.3 Å². The van der Waals surface area contributed by atoms with Crippen LogP contribution in [0.1, 0.15) is 22.9 Å². The minimum atomic E-state index is -0.279. The van der Waals surface area contributed by atoms with Gasteiger partial charge >= 0.3 is 0 Å². The molecule has 4 aromatic rings. The lowest BCUT2D eigenvalue weighted by atomic mass is 9.96. The summed E-state index contributed by atoms with van der Waals surface area (Å²) >= 11 is 0. The highest BCUT2D eigenvalue weighted by Crippen LogP contribution is 2.35. The van der Waals surface area contributed by atoms with Gasteiger partial charge in [-0.05, 0) is 18.6 Å².